The fourth-order valence-electron chi connectivity index (χ4n) is 5.44. The van der Waals surface area contributed by atoms with Gasteiger partial charge in [0.05, 0.1) is 16.3 Å². The topological polar surface area (TPSA) is 80.2 Å². The van der Waals surface area contributed by atoms with E-state index in [9.17, 15) is 14.4 Å². The zero-order valence-electron chi connectivity index (χ0n) is 25.6. The van der Waals surface area contributed by atoms with Crippen molar-refractivity contribution in [2.45, 2.75) is 30.4 Å². The van der Waals surface area contributed by atoms with Crippen LogP contribution in [0.4, 0.5) is 5.69 Å². The van der Waals surface area contributed by atoms with Crippen molar-refractivity contribution >= 4 is 63.1 Å². The Balaban J connectivity index is 1.20. The lowest BCUT2D eigenvalue weighted by atomic mass is 10.1. The molecule has 2 amide bonds. The summed E-state index contributed by atoms with van der Waals surface area (Å²) in [5.74, 6) is -0.788. The summed E-state index contributed by atoms with van der Waals surface area (Å²) in [6.45, 7) is 3.97. The van der Waals surface area contributed by atoms with E-state index in [1.807, 2.05) is 109 Å². The molecule has 0 aliphatic rings. The number of para-hydroxylation sites is 2. The second kappa shape index (κ2) is 13.7. The molecule has 7 heteroatoms. The molecular weight excluding hydrogens is 591 g/mol. The number of carbonyl (C=O) groups is 3. The Hall–Kier alpha value is -5.40. The molecule has 0 aliphatic heterocycles. The first-order valence-electron chi connectivity index (χ1n) is 15.2. The molecule has 2 N–H and O–H groups in total. The highest BCUT2D eigenvalue weighted by Crippen LogP contribution is 2.33. The van der Waals surface area contributed by atoms with Crippen molar-refractivity contribution < 1.29 is 14.4 Å². The van der Waals surface area contributed by atoms with Crippen molar-refractivity contribution in [3.63, 3.8) is 0 Å². The molecule has 1 heterocycles. The number of carbonyl (C=O) groups excluding carboxylic acids is 3. The molecule has 0 fully saturated rings. The largest absolute Gasteiger partial charge is 0.321 e. The number of rotatable bonds is 9. The summed E-state index contributed by atoms with van der Waals surface area (Å²) in [5, 5.41) is 7.51. The fourth-order valence-corrected chi connectivity index (χ4v) is 6.43. The molecule has 0 saturated carbocycles. The number of benzene rings is 5. The number of hydrogen-bond donors (Lipinski definition) is 2. The predicted molar refractivity (Wildman–Crippen MR) is 188 cm³/mol. The number of aryl methyl sites for hydroxylation is 1. The molecule has 5 aromatic carbocycles. The average Bonchev–Trinajstić information content (AvgIpc) is 3.43. The van der Waals surface area contributed by atoms with Crippen LogP contribution in [0.5, 0.6) is 0 Å². The van der Waals surface area contributed by atoms with E-state index in [1.54, 1.807) is 30.3 Å². The molecule has 0 saturated heterocycles. The molecule has 0 aliphatic carbocycles. The quantitative estimate of drug-likeness (QED) is 0.125. The molecule has 6 aromatic rings. The van der Waals surface area contributed by atoms with Crippen molar-refractivity contribution in [2.75, 3.05) is 5.32 Å². The first-order valence-corrected chi connectivity index (χ1v) is 16.0. The minimum Gasteiger partial charge on any atom is -0.321 e. The normalized spacial score (nSPS) is 12.2. The number of nitrogens with one attached hydrogen (secondary N) is 2. The van der Waals surface area contributed by atoms with E-state index in [0.717, 1.165) is 37.8 Å². The molecular formula is C39H33N3O3S. The molecule has 6 nitrogen and oxygen atoms in total. The van der Waals surface area contributed by atoms with Gasteiger partial charge in [-0.15, -0.1) is 11.8 Å². The Labute approximate surface area is 272 Å². The summed E-state index contributed by atoms with van der Waals surface area (Å²) in [6, 6.07) is 39.9. The Morgan fingerprint density at radius 1 is 0.739 bits per heavy atom. The van der Waals surface area contributed by atoms with E-state index in [1.165, 1.54) is 11.8 Å². The summed E-state index contributed by atoms with van der Waals surface area (Å²) in [5.41, 5.74) is 4.76. The van der Waals surface area contributed by atoms with Crippen LogP contribution in [-0.4, -0.2) is 27.5 Å². The predicted octanol–water partition coefficient (Wildman–Crippen LogP) is 8.72. The molecule has 1 atom stereocenters. The number of fused-ring (bicyclic) bond motifs is 3. The molecule has 0 radical (unpaired) electrons. The smallest absolute Gasteiger partial charge is 0.272 e. The number of thioether (sulfide) groups is 1. The zero-order chi connectivity index (χ0) is 32.0. The van der Waals surface area contributed by atoms with E-state index >= 15 is 0 Å². The van der Waals surface area contributed by atoms with Crippen LogP contribution in [0.3, 0.4) is 0 Å². The lowest BCUT2D eigenvalue weighted by Gasteiger charge is -2.16. The third kappa shape index (κ3) is 6.50. The van der Waals surface area contributed by atoms with Crippen LogP contribution in [0.15, 0.2) is 138 Å². The van der Waals surface area contributed by atoms with Crippen LogP contribution in [0.1, 0.15) is 39.6 Å². The summed E-state index contributed by atoms with van der Waals surface area (Å²) >= 11 is 1.50. The van der Waals surface area contributed by atoms with Gasteiger partial charge in [-0.3, -0.25) is 19.0 Å². The lowest BCUT2D eigenvalue weighted by Crippen LogP contribution is -2.30. The van der Waals surface area contributed by atoms with Gasteiger partial charge in [0.2, 0.25) is 5.91 Å². The Kier molecular flexibility index (Phi) is 9.13. The lowest BCUT2D eigenvalue weighted by molar-refractivity contribution is -0.113. The molecule has 0 bridgehead atoms. The van der Waals surface area contributed by atoms with Gasteiger partial charge in [0, 0.05) is 26.9 Å². The molecule has 0 spiro atoms. The minimum absolute atomic E-state index is 0.0300. The van der Waals surface area contributed by atoms with E-state index in [-0.39, 0.29) is 22.8 Å². The summed E-state index contributed by atoms with van der Waals surface area (Å²) < 4.78 is 1.84. The van der Waals surface area contributed by atoms with Gasteiger partial charge >= 0.3 is 0 Å². The van der Waals surface area contributed by atoms with Crippen LogP contribution < -0.4 is 10.6 Å². The Bertz CT molecular complexity index is 2030. The van der Waals surface area contributed by atoms with Gasteiger partial charge in [-0.1, -0.05) is 85.8 Å². The minimum atomic E-state index is -0.444. The third-order valence-corrected chi connectivity index (χ3v) is 9.22. The Morgan fingerprint density at radius 2 is 1.33 bits per heavy atom. The standard InChI is InChI=1S/C39H33N3O3S/c1-3-36(39(45)42-34-19-11-9-17-31(34)32-18-10-12-20-35(32)42)46-30-23-21-29(22-24-30)40-38(44)33(25-28-16-8-7-13-26(28)2)41-37(43)27-14-5-4-6-15-27/h4-25,36H,3H2,1-2H3,(H,40,44)(H,41,43)/b33-25-. The van der Waals surface area contributed by atoms with Crippen molar-refractivity contribution in [3.8, 4) is 0 Å². The second-order valence-electron chi connectivity index (χ2n) is 10.9. The monoisotopic (exact) mass is 623 g/mol. The number of aromatic nitrogens is 1. The van der Waals surface area contributed by atoms with Crippen molar-refractivity contribution in [3.05, 3.63) is 150 Å². The summed E-state index contributed by atoms with van der Waals surface area (Å²) in [4.78, 5) is 41.4. The van der Waals surface area contributed by atoms with E-state index in [0.29, 0.717) is 17.7 Å². The number of nitrogens with zero attached hydrogens (tertiary/aromatic N) is 1. The van der Waals surface area contributed by atoms with Gasteiger partial charge in [0.25, 0.3) is 11.8 Å². The summed E-state index contributed by atoms with van der Waals surface area (Å²) in [7, 11) is 0. The van der Waals surface area contributed by atoms with E-state index in [4.69, 9.17) is 0 Å². The van der Waals surface area contributed by atoms with Gasteiger partial charge in [-0.05, 0) is 79.1 Å². The number of hydrogen-bond acceptors (Lipinski definition) is 4. The average molecular weight is 624 g/mol. The maximum Gasteiger partial charge on any atom is 0.272 e. The van der Waals surface area contributed by atoms with Crippen LogP contribution in [-0.2, 0) is 4.79 Å². The van der Waals surface area contributed by atoms with Gasteiger partial charge in [-0.2, -0.15) is 0 Å². The molecule has 6 rings (SSSR count). The van der Waals surface area contributed by atoms with Gasteiger partial charge in [0.1, 0.15) is 5.70 Å². The maximum atomic E-state index is 14.0. The SMILES string of the molecule is CCC(Sc1ccc(NC(=O)/C(=C/c2ccccc2C)NC(=O)c2ccccc2)cc1)C(=O)n1c2ccccc2c2ccccc21. The molecule has 1 aromatic heterocycles. The van der Waals surface area contributed by atoms with E-state index < -0.39 is 5.91 Å². The van der Waals surface area contributed by atoms with Crippen molar-refractivity contribution in [2.24, 2.45) is 0 Å². The van der Waals surface area contributed by atoms with Crippen LogP contribution in [0.2, 0.25) is 0 Å². The molecule has 46 heavy (non-hydrogen) atoms. The van der Waals surface area contributed by atoms with Crippen LogP contribution in [0.25, 0.3) is 27.9 Å². The Morgan fingerprint density at radius 3 is 1.96 bits per heavy atom. The first-order chi connectivity index (χ1) is 22.4. The number of anilines is 1. The van der Waals surface area contributed by atoms with Gasteiger partial charge < -0.3 is 10.6 Å². The molecule has 1 unspecified atom stereocenters. The first kappa shape index (κ1) is 30.6. The summed E-state index contributed by atoms with van der Waals surface area (Å²) in [6.07, 6.45) is 2.33. The highest BCUT2D eigenvalue weighted by atomic mass is 32.2. The molecule has 228 valence electrons. The van der Waals surface area contributed by atoms with Crippen LogP contribution >= 0.6 is 11.8 Å². The maximum absolute atomic E-state index is 14.0. The fraction of sp³-hybridized carbons (Fsp3) is 0.103. The highest BCUT2D eigenvalue weighted by molar-refractivity contribution is 8.00. The van der Waals surface area contributed by atoms with Gasteiger partial charge in [-0.25, -0.2) is 0 Å². The third-order valence-electron chi connectivity index (χ3n) is 7.85. The van der Waals surface area contributed by atoms with E-state index in [2.05, 4.69) is 22.8 Å². The highest BCUT2D eigenvalue weighted by Gasteiger charge is 2.24. The zero-order valence-corrected chi connectivity index (χ0v) is 26.4. The van der Waals surface area contributed by atoms with Gasteiger partial charge in [0.15, 0.2) is 0 Å². The van der Waals surface area contributed by atoms with Crippen LogP contribution in [0, 0.1) is 6.92 Å². The number of amides is 2. The second-order valence-corrected chi connectivity index (χ2v) is 12.2. The van der Waals surface area contributed by atoms with Crippen molar-refractivity contribution in [1.82, 2.24) is 9.88 Å². The van der Waals surface area contributed by atoms with Crippen molar-refractivity contribution in [1.29, 1.82) is 0 Å².